The molecule has 16 heavy (non-hydrogen) atoms. The molecular weight excluding hydrogens is 224 g/mol. The Morgan fingerprint density at radius 3 is 2.44 bits per heavy atom. The minimum atomic E-state index is -0.905. The summed E-state index contributed by atoms with van der Waals surface area (Å²) in [5.41, 5.74) is -1.53. The number of hydrogen-bond donors (Lipinski definition) is 1. The summed E-state index contributed by atoms with van der Waals surface area (Å²) in [6, 6.07) is 3.64. The van der Waals surface area contributed by atoms with Crippen LogP contribution in [-0.2, 0) is 11.3 Å². The zero-order chi connectivity index (χ0) is 12.4. The summed E-state index contributed by atoms with van der Waals surface area (Å²) in [4.78, 5) is 12.2. The lowest BCUT2D eigenvalue weighted by atomic mass is 9.89. The second kappa shape index (κ2) is 4.65. The van der Waals surface area contributed by atoms with Gasteiger partial charge in [-0.1, -0.05) is 0 Å². The summed E-state index contributed by atoms with van der Waals surface area (Å²) in [5.74, 6) is 0. The van der Waals surface area contributed by atoms with E-state index in [1.54, 1.807) is 19.9 Å². The van der Waals surface area contributed by atoms with Crippen molar-refractivity contribution in [2.45, 2.75) is 45.5 Å². The molecule has 1 rings (SSSR count). The lowest BCUT2D eigenvalue weighted by Gasteiger charge is -2.36. The van der Waals surface area contributed by atoms with E-state index in [-0.39, 0.29) is 0 Å². The van der Waals surface area contributed by atoms with E-state index >= 15 is 0 Å². The van der Waals surface area contributed by atoms with Gasteiger partial charge in [0, 0.05) is 4.88 Å². The van der Waals surface area contributed by atoms with Crippen molar-refractivity contribution < 1.29 is 14.6 Å². The van der Waals surface area contributed by atoms with Crippen LogP contribution in [0.5, 0.6) is 0 Å². The van der Waals surface area contributed by atoms with Gasteiger partial charge in [0.15, 0.2) is 6.29 Å². The molecule has 0 unspecified atom stereocenters. The van der Waals surface area contributed by atoms with E-state index in [1.807, 2.05) is 19.9 Å². The average molecular weight is 242 g/mol. The highest BCUT2D eigenvalue weighted by molar-refractivity contribution is 7.13. The van der Waals surface area contributed by atoms with Crippen molar-refractivity contribution in [1.29, 1.82) is 0 Å². The van der Waals surface area contributed by atoms with E-state index in [9.17, 15) is 9.90 Å². The Bertz CT molecular complexity index is 361. The fourth-order valence-electron chi connectivity index (χ4n) is 0.964. The van der Waals surface area contributed by atoms with Crippen LogP contribution < -0.4 is 0 Å². The maximum Gasteiger partial charge on any atom is 0.160 e. The van der Waals surface area contributed by atoms with Crippen LogP contribution >= 0.6 is 11.3 Å². The third kappa shape index (κ3) is 3.14. The molecule has 0 aromatic carbocycles. The zero-order valence-corrected chi connectivity index (χ0v) is 10.9. The quantitative estimate of drug-likeness (QED) is 0.807. The Labute approximate surface area is 100 Å². The van der Waals surface area contributed by atoms with Crippen molar-refractivity contribution in [1.82, 2.24) is 0 Å². The molecule has 0 aliphatic carbocycles. The molecule has 4 heteroatoms. The van der Waals surface area contributed by atoms with Crippen LogP contribution in [-0.4, -0.2) is 22.6 Å². The van der Waals surface area contributed by atoms with Crippen molar-refractivity contribution in [2.75, 3.05) is 0 Å². The minimum absolute atomic E-state index is 0.412. The molecule has 0 radical (unpaired) electrons. The highest BCUT2D eigenvalue weighted by atomic mass is 32.1. The van der Waals surface area contributed by atoms with Crippen LogP contribution in [0.3, 0.4) is 0 Å². The van der Waals surface area contributed by atoms with Gasteiger partial charge < -0.3 is 9.84 Å². The largest absolute Gasteiger partial charge is 0.387 e. The van der Waals surface area contributed by atoms with Crippen LogP contribution in [0, 0.1) is 0 Å². The number of rotatable bonds is 5. The highest BCUT2D eigenvalue weighted by Crippen LogP contribution is 2.27. The van der Waals surface area contributed by atoms with Crippen molar-refractivity contribution >= 4 is 17.6 Å². The summed E-state index contributed by atoms with van der Waals surface area (Å²) in [5, 5.41) is 9.90. The summed E-state index contributed by atoms with van der Waals surface area (Å²) < 4.78 is 5.68. The molecule has 3 nitrogen and oxygen atoms in total. The minimum Gasteiger partial charge on any atom is -0.387 e. The van der Waals surface area contributed by atoms with Gasteiger partial charge in [-0.15, -0.1) is 11.3 Å². The predicted molar refractivity (Wildman–Crippen MR) is 64.9 cm³/mol. The first-order chi connectivity index (χ1) is 7.26. The average Bonchev–Trinajstić information content (AvgIpc) is 2.60. The zero-order valence-electron chi connectivity index (χ0n) is 10.1. The third-order valence-electron chi connectivity index (χ3n) is 2.85. The van der Waals surface area contributed by atoms with Gasteiger partial charge in [-0.05, 0) is 39.8 Å². The van der Waals surface area contributed by atoms with Gasteiger partial charge in [-0.3, -0.25) is 4.79 Å². The predicted octanol–water partition coefficient (Wildman–Crippen LogP) is 2.63. The molecule has 90 valence electrons. The molecule has 0 saturated heterocycles. The first-order valence-corrected chi connectivity index (χ1v) is 5.98. The fraction of sp³-hybridized carbons (Fsp3) is 0.583. The van der Waals surface area contributed by atoms with Crippen molar-refractivity contribution in [2.24, 2.45) is 0 Å². The molecular formula is C12H18O3S. The molecule has 0 saturated carbocycles. The van der Waals surface area contributed by atoms with Crippen LogP contribution in [0.25, 0.3) is 0 Å². The Kier molecular flexibility index (Phi) is 3.88. The normalized spacial score (nSPS) is 12.8. The van der Waals surface area contributed by atoms with Crippen molar-refractivity contribution in [3.05, 3.63) is 21.9 Å². The number of hydrogen-bond acceptors (Lipinski definition) is 4. The lowest BCUT2D eigenvalue weighted by Crippen LogP contribution is -2.47. The van der Waals surface area contributed by atoms with E-state index in [1.165, 1.54) is 11.3 Å². The third-order valence-corrected chi connectivity index (χ3v) is 3.83. The molecule has 0 atom stereocenters. The SMILES string of the molecule is CC(C)(O)C(C)(C)OCc1ccc(C=O)s1. The lowest BCUT2D eigenvalue weighted by molar-refractivity contribution is -0.153. The molecule has 1 aromatic rings. The second-order valence-corrected chi connectivity index (χ2v) is 5.98. The van der Waals surface area contributed by atoms with E-state index in [0.717, 1.165) is 11.2 Å². The molecule has 0 fully saturated rings. The number of thiophene rings is 1. The Hall–Kier alpha value is -0.710. The van der Waals surface area contributed by atoms with Crippen LogP contribution in [0.4, 0.5) is 0 Å². The standard InChI is InChI=1S/C12H18O3S/c1-11(2,14)12(3,4)15-8-10-6-5-9(7-13)16-10/h5-7,14H,8H2,1-4H3. The molecule has 0 aliphatic heterocycles. The van der Waals surface area contributed by atoms with Gasteiger partial charge in [0.1, 0.15) is 0 Å². The van der Waals surface area contributed by atoms with Crippen LogP contribution in [0.2, 0.25) is 0 Å². The summed E-state index contributed by atoms with van der Waals surface area (Å²) >= 11 is 1.41. The maximum absolute atomic E-state index is 10.5. The summed E-state index contributed by atoms with van der Waals surface area (Å²) in [7, 11) is 0. The maximum atomic E-state index is 10.5. The first kappa shape index (κ1) is 13.4. The fourth-order valence-corrected chi connectivity index (χ4v) is 1.70. The van der Waals surface area contributed by atoms with Gasteiger partial charge in [0.2, 0.25) is 0 Å². The molecule has 0 bridgehead atoms. The second-order valence-electron chi connectivity index (χ2n) is 4.78. The van der Waals surface area contributed by atoms with Gasteiger partial charge in [-0.2, -0.15) is 0 Å². The van der Waals surface area contributed by atoms with E-state index in [2.05, 4.69) is 0 Å². The van der Waals surface area contributed by atoms with E-state index < -0.39 is 11.2 Å². The summed E-state index contributed by atoms with van der Waals surface area (Å²) in [6.45, 7) is 7.55. The molecule has 0 amide bonds. The number of aliphatic hydroxyl groups is 1. The van der Waals surface area contributed by atoms with Gasteiger partial charge >= 0.3 is 0 Å². The number of ether oxygens (including phenoxy) is 1. The van der Waals surface area contributed by atoms with Gasteiger partial charge in [-0.25, -0.2) is 0 Å². The number of carbonyl (C=O) groups is 1. The monoisotopic (exact) mass is 242 g/mol. The molecule has 1 N–H and O–H groups in total. The van der Waals surface area contributed by atoms with Crippen LogP contribution in [0.1, 0.15) is 42.2 Å². The van der Waals surface area contributed by atoms with Crippen molar-refractivity contribution in [3.63, 3.8) is 0 Å². The van der Waals surface area contributed by atoms with Gasteiger partial charge in [0.25, 0.3) is 0 Å². The molecule has 0 aliphatic rings. The number of carbonyl (C=O) groups excluding carboxylic acids is 1. The Balaban J connectivity index is 2.61. The highest BCUT2D eigenvalue weighted by Gasteiger charge is 2.36. The van der Waals surface area contributed by atoms with E-state index in [0.29, 0.717) is 11.5 Å². The smallest absolute Gasteiger partial charge is 0.160 e. The van der Waals surface area contributed by atoms with Gasteiger partial charge in [0.05, 0.1) is 22.7 Å². The molecule has 0 spiro atoms. The number of aldehydes is 1. The molecule has 1 heterocycles. The topological polar surface area (TPSA) is 46.5 Å². The van der Waals surface area contributed by atoms with Crippen LogP contribution in [0.15, 0.2) is 12.1 Å². The van der Waals surface area contributed by atoms with E-state index in [4.69, 9.17) is 4.74 Å². The van der Waals surface area contributed by atoms with Crippen molar-refractivity contribution in [3.8, 4) is 0 Å². The Morgan fingerprint density at radius 1 is 1.38 bits per heavy atom. The first-order valence-electron chi connectivity index (χ1n) is 5.16. The summed E-state index contributed by atoms with van der Waals surface area (Å²) in [6.07, 6.45) is 0.829. The Morgan fingerprint density at radius 2 is 2.00 bits per heavy atom. The molecule has 1 aromatic heterocycles.